The Morgan fingerprint density at radius 3 is 2.77 bits per heavy atom. The summed E-state index contributed by atoms with van der Waals surface area (Å²) in [6.45, 7) is 4.25. The maximum absolute atomic E-state index is 12.5. The maximum Gasteiger partial charge on any atom is 0.212 e. The summed E-state index contributed by atoms with van der Waals surface area (Å²) < 4.78 is 38.5. The van der Waals surface area contributed by atoms with Gasteiger partial charge in [0.2, 0.25) is 10.0 Å². The first-order valence-electron chi connectivity index (χ1n) is 11.5. The third kappa shape index (κ3) is 5.87. The van der Waals surface area contributed by atoms with Gasteiger partial charge in [-0.15, -0.1) is 10.2 Å². The highest BCUT2D eigenvalue weighted by Gasteiger charge is 2.29. The normalized spacial score (nSPS) is 15.2. The van der Waals surface area contributed by atoms with Gasteiger partial charge >= 0.3 is 0 Å². The number of ether oxygens (including phenoxy) is 2. The molecule has 0 radical (unpaired) electrons. The van der Waals surface area contributed by atoms with Gasteiger partial charge < -0.3 is 9.47 Å². The van der Waals surface area contributed by atoms with Crippen molar-refractivity contribution in [1.29, 1.82) is 5.26 Å². The molecule has 0 bridgehead atoms. The van der Waals surface area contributed by atoms with Crippen molar-refractivity contribution in [3.05, 3.63) is 53.1 Å². The van der Waals surface area contributed by atoms with Crippen LogP contribution in [0.4, 0.5) is 0 Å². The quantitative estimate of drug-likeness (QED) is 0.399. The Bertz CT molecular complexity index is 1350. The van der Waals surface area contributed by atoms with Gasteiger partial charge in [0, 0.05) is 30.9 Å². The molecule has 1 heterocycles. The van der Waals surface area contributed by atoms with Crippen molar-refractivity contribution in [3.8, 4) is 33.0 Å². The van der Waals surface area contributed by atoms with Crippen molar-refractivity contribution < 1.29 is 17.9 Å². The van der Waals surface area contributed by atoms with Gasteiger partial charge in [0.1, 0.15) is 21.8 Å². The van der Waals surface area contributed by atoms with Gasteiger partial charge in [0.15, 0.2) is 0 Å². The lowest BCUT2D eigenvalue weighted by Gasteiger charge is -2.15. The van der Waals surface area contributed by atoms with Gasteiger partial charge in [-0.2, -0.15) is 5.26 Å². The zero-order valence-electron chi connectivity index (χ0n) is 19.9. The summed E-state index contributed by atoms with van der Waals surface area (Å²) in [5, 5.41) is 19.8. The number of hydrogen-bond acceptors (Lipinski definition) is 8. The number of nitriles is 1. The number of sulfonamides is 1. The van der Waals surface area contributed by atoms with Crippen LogP contribution in [0, 0.1) is 11.3 Å². The second-order valence-electron chi connectivity index (χ2n) is 8.65. The van der Waals surface area contributed by atoms with E-state index in [0.717, 1.165) is 33.7 Å². The summed E-state index contributed by atoms with van der Waals surface area (Å²) in [7, 11) is -1.84. The van der Waals surface area contributed by atoms with Crippen LogP contribution >= 0.6 is 11.3 Å². The van der Waals surface area contributed by atoms with Crippen LogP contribution in [-0.4, -0.2) is 44.2 Å². The van der Waals surface area contributed by atoms with Crippen molar-refractivity contribution in [2.75, 3.05) is 19.5 Å². The Hall–Kier alpha value is -2.84. The monoisotopic (exact) mass is 512 g/mol. The number of rotatable bonds is 10. The van der Waals surface area contributed by atoms with Crippen molar-refractivity contribution in [2.45, 2.75) is 45.3 Å². The molecule has 0 aliphatic heterocycles. The predicted octanol–water partition coefficient (Wildman–Crippen LogP) is 4.47. The van der Waals surface area contributed by atoms with Crippen LogP contribution < -0.4 is 9.46 Å². The van der Waals surface area contributed by atoms with Crippen molar-refractivity contribution in [3.63, 3.8) is 0 Å². The van der Waals surface area contributed by atoms with Crippen LogP contribution in [0.15, 0.2) is 36.4 Å². The van der Waals surface area contributed by atoms with E-state index in [0.29, 0.717) is 35.8 Å². The number of hydrogen-bond donors (Lipinski definition) is 1. The van der Waals surface area contributed by atoms with Gasteiger partial charge in [-0.3, -0.25) is 0 Å². The maximum atomic E-state index is 12.5. The van der Waals surface area contributed by atoms with E-state index < -0.39 is 10.0 Å². The first-order chi connectivity index (χ1) is 16.8. The van der Waals surface area contributed by atoms with Gasteiger partial charge in [0.05, 0.1) is 17.4 Å². The Morgan fingerprint density at radius 2 is 2.03 bits per heavy atom. The Kier molecular flexibility index (Phi) is 7.82. The SMILES string of the molecule is COCCCS(=O)(=O)NC1CCc2c(-c3nnc(-c4ccc(OC(C)C)c(C#N)c4)s3)cccc21. The Labute approximate surface area is 210 Å². The smallest absolute Gasteiger partial charge is 0.212 e. The molecule has 1 atom stereocenters. The zero-order chi connectivity index (χ0) is 25.0. The van der Waals surface area contributed by atoms with E-state index in [2.05, 4.69) is 21.0 Å². The van der Waals surface area contributed by atoms with Crippen molar-refractivity contribution in [1.82, 2.24) is 14.9 Å². The van der Waals surface area contributed by atoms with Crippen LogP contribution in [0.25, 0.3) is 21.1 Å². The van der Waals surface area contributed by atoms with Gasteiger partial charge in [-0.25, -0.2) is 13.1 Å². The minimum Gasteiger partial charge on any atom is -0.490 e. The highest BCUT2D eigenvalue weighted by atomic mass is 32.2. The van der Waals surface area contributed by atoms with E-state index in [4.69, 9.17) is 9.47 Å². The molecule has 1 aromatic heterocycles. The van der Waals surface area contributed by atoms with Crippen LogP contribution in [0.5, 0.6) is 5.75 Å². The molecule has 4 rings (SSSR count). The van der Waals surface area contributed by atoms with Crippen LogP contribution in [-0.2, 0) is 21.2 Å². The van der Waals surface area contributed by atoms with Gasteiger partial charge in [-0.05, 0) is 62.4 Å². The first-order valence-corrected chi connectivity index (χ1v) is 13.9. The largest absolute Gasteiger partial charge is 0.490 e. The molecular weight excluding hydrogens is 484 g/mol. The molecule has 1 aliphatic rings. The lowest BCUT2D eigenvalue weighted by molar-refractivity contribution is 0.199. The van der Waals surface area contributed by atoms with Gasteiger partial charge in [0.25, 0.3) is 0 Å². The molecule has 2 aromatic carbocycles. The van der Waals surface area contributed by atoms with Gasteiger partial charge in [-0.1, -0.05) is 29.5 Å². The fraction of sp³-hybridized carbons (Fsp3) is 0.400. The average molecular weight is 513 g/mol. The highest BCUT2D eigenvalue weighted by Crippen LogP contribution is 2.40. The molecule has 0 spiro atoms. The number of nitrogens with zero attached hydrogens (tertiary/aromatic N) is 3. The molecule has 0 amide bonds. The third-order valence-electron chi connectivity index (χ3n) is 5.72. The predicted molar refractivity (Wildman–Crippen MR) is 136 cm³/mol. The van der Waals surface area contributed by atoms with Crippen LogP contribution in [0.3, 0.4) is 0 Å². The molecule has 184 valence electrons. The summed E-state index contributed by atoms with van der Waals surface area (Å²) >= 11 is 1.45. The topological polar surface area (TPSA) is 114 Å². The third-order valence-corrected chi connectivity index (χ3v) is 8.19. The average Bonchev–Trinajstić information content (AvgIpc) is 3.47. The van der Waals surface area contributed by atoms with E-state index >= 15 is 0 Å². The molecule has 35 heavy (non-hydrogen) atoms. The highest BCUT2D eigenvalue weighted by molar-refractivity contribution is 7.89. The first kappa shape index (κ1) is 25.3. The minimum absolute atomic E-state index is 0.0279. The molecular formula is C25H28N4O4S2. The summed E-state index contributed by atoms with van der Waals surface area (Å²) in [6, 6.07) is 13.3. The number of fused-ring (bicyclic) bond motifs is 1. The summed E-state index contributed by atoms with van der Waals surface area (Å²) in [6.07, 6.45) is 1.88. The van der Waals surface area contributed by atoms with Crippen LogP contribution in [0.2, 0.25) is 0 Å². The van der Waals surface area contributed by atoms with Crippen molar-refractivity contribution >= 4 is 21.4 Å². The van der Waals surface area contributed by atoms with E-state index in [-0.39, 0.29) is 17.9 Å². The zero-order valence-corrected chi connectivity index (χ0v) is 21.6. The lowest BCUT2D eigenvalue weighted by atomic mass is 10.0. The molecule has 0 fully saturated rings. The molecule has 0 saturated carbocycles. The molecule has 8 nitrogen and oxygen atoms in total. The molecule has 3 aromatic rings. The van der Waals surface area contributed by atoms with E-state index in [1.807, 2.05) is 38.1 Å². The van der Waals surface area contributed by atoms with Crippen molar-refractivity contribution in [2.24, 2.45) is 0 Å². The Balaban J connectivity index is 1.57. The molecule has 0 saturated heterocycles. The number of methoxy groups -OCH3 is 1. The fourth-order valence-electron chi connectivity index (χ4n) is 4.20. The summed E-state index contributed by atoms with van der Waals surface area (Å²) in [5.74, 6) is 0.588. The van der Waals surface area contributed by atoms with E-state index in [9.17, 15) is 13.7 Å². The molecule has 1 unspecified atom stereocenters. The fourth-order valence-corrected chi connectivity index (χ4v) is 6.39. The summed E-state index contributed by atoms with van der Waals surface area (Å²) in [4.78, 5) is 0. The minimum atomic E-state index is -3.40. The second kappa shape index (κ2) is 10.8. The number of benzene rings is 2. The van der Waals surface area contributed by atoms with E-state index in [1.165, 1.54) is 11.3 Å². The number of nitrogens with one attached hydrogen (secondary N) is 1. The standard InChI is InChI=1S/C25H28N4O4S2/c1-16(2)33-23-11-8-17(14-18(23)15-26)24-27-28-25(34-24)21-7-4-6-20-19(21)9-10-22(20)29-35(30,31)13-5-12-32-3/h4,6-8,11,14,16,22,29H,5,9-10,12-13H2,1-3H3. The second-order valence-corrected chi connectivity index (χ2v) is 11.5. The lowest BCUT2D eigenvalue weighted by Crippen LogP contribution is -2.30. The molecule has 10 heteroatoms. The Morgan fingerprint density at radius 1 is 1.23 bits per heavy atom. The molecule has 1 aliphatic carbocycles. The summed E-state index contributed by atoms with van der Waals surface area (Å²) in [5.41, 5.74) is 4.30. The van der Waals surface area contributed by atoms with E-state index in [1.54, 1.807) is 19.2 Å². The number of aromatic nitrogens is 2. The van der Waals surface area contributed by atoms with Crippen LogP contribution in [0.1, 0.15) is 49.4 Å². The molecule has 1 N–H and O–H groups in total.